The van der Waals surface area contributed by atoms with Gasteiger partial charge in [0, 0.05) is 7.11 Å². The predicted octanol–water partition coefficient (Wildman–Crippen LogP) is 1.36. The van der Waals surface area contributed by atoms with Crippen LogP contribution in [0.1, 0.15) is 12.8 Å². The third-order valence-electron chi connectivity index (χ3n) is 3.21. The summed E-state index contributed by atoms with van der Waals surface area (Å²) < 4.78 is 8.33. The summed E-state index contributed by atoms with van der Waals surface area (Å²) in [5.41, 5.74) is 0. The number of hydrogen-bond acceptors (Lipinski definition) is 3. The van der Waals surface area contributed by atoms with Crippen LogP contribution in [0.2, 0.25) is 12.6 Å². The quantitative estimate of drug-likeness (QED) is 0.646. The van der Waals surface area contributed by atoms with E-state index >= 15 is 0 Å². The molecule has 1 aliphatic rings. The van der Waals surface area contributed by atoms with Gasteiger partial charge < -0.3 is 13.9 Å². The first-order chi connectivity index (χ1) is 6.58. The second-order valence-corrected chi connectivity index (χ2v) is 8.52. The Labute approximate surface area is 89.2 Å². The van der Waals surface area contributed by atoms with E-state index in [1.54, 1.807) is 0 Å². The molecule has 0 saturated carbocycles. The molecule has 0 bridgehead atoms. The van der Waals surface area contributed by atoms with Crippen LogP contribution in [0.3, 0.4) is 0 Å². The molecule has 4 heteroatoms. The Balaban J connectivity index is 2.29. The Kier molecular flexibility index (Phi) is 4.57. The first kappa shape index (κ1) is 12.2. The Morgan fingerprint density at radius 3 is 2.71 bits per heavy atom. The van der Waals surface area contributed by atoms with Gasteiger partial charge in [-0.05, 0) is 59.2 Å². The normalized spacial score (nSPS) is 28.9. The van der Waals surface area contributed by atoms with Gasteiger partial charge in [0.15, 0.2) is 0 Å². The lowest BCUT2D eigenvalue weighted by atomic mass is 10.4. The summed E-state index contributed by atoms with van der Waals surface area (Å²) in [4.78, 5) is 2.25. The Morgan fingerprint density at radius 1 is 1.43 bits per heavy atom. The molecule has 1 heterocycles. The van der Waals surface area contributed by atoms with Crippen LogP contribution in [-0.4, -0.2) is 58.8 Å². The van der Waals surface area contributed by atoms with Crippen LogP contribution in [0.4, 0.5) is 0 Å². The summed E-state index contributed by atoms with van der Waals surface area (Å²) in [5, 5.41) is 0. The molecule has 1 rings (SSSR count). The minimum atomic E-state index is -1.45. The van der Waals surface area contributed by atoms with Crippen molar-refractivity contribution in [3.8, 4) is 0 Å². The van der Waals surface area contributed by atoms with E-state index < -0.39 is 8.48 Å². The van der Waals surface area contributed by atoms with Crippen LogP contribution in [0, 0.1) is 0 Å². The summed E-state index contributed by atoms with van der Waals surface area (Å²) in [6.07, 6.45) is 2.59. The third-order valence-corrected chi connectivity index (χ3v) is 7.16. The summed E-state index contributed by atoms with van der Waals surface area (Å²) in [6.45, 7) is 6.00. The maximum absolute atomic E-state index is 5.72. The van der Waals surface area contributed by atoms with Crippen molar-refractivity contribution in [3.05, 3.63) is 0 Å². The standard InChI is InChI=1S/C10H24N2OSi/c1-11(2)7-5-8-12-9-6-10-14(12,4)13-3/h5-10H2,1-4H3. The zero-order valence-corrected chi connectivity index (χ0v) is 11.0. The molecule has 3 nitrogen and oxygen atoms in total. The highest BCUT2D eigenvalue weighted by molar-refractivity contribution is 6.70. The molecule has 1 fully saturated rings. The van der Waals surface area contributed by atoms with Gasteiger partial charge in [-0.25, -0.2) is 0 Å². The van der Waals surface area contributed by atoms with Gasteiger partial charge in [-0.1, -0.05) is 0 Å². The van der Waals surface area contributed by atoms with Gasteiger partial charge >= 0.3 is 0 Å². The monoisotopic (exact) mass is 216 g/mol. The van der Waals surface area contributed by atoms with E-state index in [9.17, 15) is 0 Å². The average Bonchev–Trinajstić information content (AvgIpc) is 2.48. The zero-order valence-electron chi connectivity index (χ0n) is 10.0. The second kappa shape index (κ2) is 5.26. The fourth-order valence-corrected chi connectivity index (χ4v) is 5.00. The molecular weight excluding hydrogens is 192 g/mol. The van der Waals surface area contributed by atoms with Crippen LogP contribution in [0.25, 0.3) is 0 Å². The van der Waals surface area contributed by atoms with Crippen molar-refractivity contribution in [3.63, 3.8) is 0 Å². The fraction of sp³-hybridized carbons (Fsp3) is 1.00. The van der Waals surface area contributed by atoms with Crippen molar-refractivity contribution < 1.29 is 4.43 Å². The van der Waals surface area contributed by atoms with E-state index in [2.05, 4.69) is 30.1 Å². The van der Waals surface area contributed by atoms with Gasteiger partial charge in [0.1, 0.15) is 0 Å². The summed E-state index contributed by atoms with van der Waals surface area (Å²) >= 11 is 0. The first-order valence-corrected chi connectivity index (χ1v) is 8.10. The minimum absolute atomic E-state index is 1.19. The van der Waals surface area contributed by atoms with E-state index in [1.165, 1.54) is 38.5 Å². The van der Waals surface area contributed by atoms with Gasteiger partial charge in [-0.2, -0.15) is 0 Å². The number of rotatable bonds is 5. The van der Waals surface area contributed by atoms with Crippen LogP contribution in [0.5, 0.6) is 0 Å². The summed E-state index contributed by atoms with van der Waals surface area (Å²) in [6, 6.07) is 1.31. The molecule has 0 radical (unpaired) electrons. The Morgan fingerprint density at radius 2 is 2.14 bits per heavy atom. The van der Waals surface area contributed by atoms with Crippen molar-refractivity contribution in [1.29, 1.82) is 0 Å². The largest absolute Gasteiger partial charge is 0.406 e. The van der Waals surface area contributed by atoms with Crippen molar-refractivity contribution in [2.24, 2.45) is 0 Å². The number of nitrogens with zero attached hydrogens (tertiary/aromatic N) is 2. The molecule has 14 heavy (non-hydrogen) atoms. The van der Waals surface area contributed by atoms with Crippen LogP contribution in [-0.2, 0) is 4.43 Å². The smallest absolute Gasteiger partial charge is 0.267 e. The van der Waals surface area contributed by atoms with Crippen LogP contribution < -0.4 is 0 Å². The molecule has 0 aromatic rings. The highest BCUT2D eigenvalue weighted by Gasteiger charge is 2.39. The van der Waals surface area contributed by atoms with E-state index in [-0.39, 0.29) is 0 Å². The minimum Gasteiger partial charge on any atom is -0.406 e. The van der Waals surface area contributed by atoms with Gasteiger partial charge in [0.25, 0.3) is 8.48 Å². The molecule has 0 spiro atoms. The van der Waals surface area contributed by atoms with Gasteiger partial charge in [0.2, 0.25) is 0 Å². The molecule has 0 aliphatic carbocycles. The molecule has 0 aromatic carbocycles. The maximum Gasteiger partial charge on any atom is 0.267 e. The average molecular weight is 216 g/mol. The van der Waals surface area contributed by atoms with Crippen LogP contribution >= 0.6 is 0 Å². The van der Waals surface area contributed by atoms with Gasteiger partial charge in [-0.3, -0.25) is 0 Å². The molecule has 1 aliphatic heterocycles. The second-order valence-electron chi connectivity index (χ2n) is 4.63. The SMILES string of the molecule is CO[Si]1(C)CCCN1CCCN(C)C. The highest BCUT2D eigenvalue weighted by Crippen LogP contribution is 2.26. The zero-order chi connectivity index (χ0) is 10.6. The summed E-state index contributed by atoms with van der Waals surface area (Å²) in [7, 11) is 4.71. The first-order valence-electron chi connectivity index (χ1n) is 5.53. The molecule has 0 amide bonds. The third kappa shape index (κ3) is 3.05. The Hall–Kier alpha value is 0.0969. The topological polar surface area (TPSA) is 15.7 Å². The molecular formula is C10H24N2OSi. The highest BCUT2D eigenvalue weighted by atomic mass is 28.4. The predicted molar refractivity (Wildman–Crippen MR) is 62.8 cm³/mol. The molecule has 0 N–H and O–H groups in total. The lowest BCUT2D eigenvalue weighted by Gasteiger charge is -2.31. The van der Waals surface area contributed by atoms with Crippen molar-refractivity contribution in [1.82, 2.24) is 9.47 Å². The van der Waals surface area contributed by atoms with E-state index in [4.69, 9.17) is 4.43 Å². The molecule has 1 saturated heterocycles. The maximum atomic E-state index is 5.72. The lowest BCUT2D eigenvalue weighted by Crippen LogP contribution is -2.48. The molecule has 1 atom stereocenters. The van der Waals surface area contributed by atoms with Crippen molar-refractivity contribution >= 4 is 8.48 Å². The summed E-state index contributed by atoms with van der Waals surface area (Å²) in [5.74, 6) is 0. The van der Waals surface area contributed by atoms with Gasteiger partial charge in [0.05, 0.1) is 0 Å². The fourth-order valence-electron chi connectivity index (χ4n) is 2.15. The molecule has 1 unspecified atom stereocenters. The number of hydrogen-bond donors (Lipinski definition) is 0. The molecule has 0 aromatic heterocycles. The van der Waals surface area contributed by atoms with Gasteiger partial charge in [-0.15, -0.1) is 0 Å². The lowest BCUT2D eigenvalue weighted by molar-refractivity contribution is 0.299. The Bertz CT molecular complexity index is 178. The van der Waals surface area contributed by atoms with Crippen molar-refractivity contribution in [2.75, 3.05) is 40.8 Å². The van der Waals surface area contributed by atoms with E-state index in [1.807, 2.05) is 7.11 Å². The van der Waals surface area contributed by atoms with Crippen molar-refractivity contribution in [2.45, 2.75) is 25.4 Å². The van der Waals surface area contributed by atoms with E-state index in [0.29, 0.717) is 0 Å². The molecule has 84 valence electrons. The van der Waals surface area contributed by atoms with Crippen LogP contribution in [0.15, 0.2) is 0 Å². The van der Waals surface area contributed by atoms with E-state index in [0.717, 1.165) is 0 Å².